The monoisotopic (exact) mass is 580 g/mol. The summed E-state index contributed by atoms with van der Waals surface area (Å²) in [4.78, 5) is 39.1. The van der Waals surface area contributed by atoms with E-state index in [1.165, 1.54) is 18.3 Å². The molecule has 1 spiro atoms. The van der Waals surface area contributed by atoms with Gasteiger partial charge in [-0.1, -0.05) is 0 Å². The summed E-state index contributed by atoms with van der Waals surface area (Å²) in [6, 6.07) is 5.13. The van der Waals surface area contributed by atoms with Crippen LogP contribution in [-0.2, 0) is 11.0 Å². The summed E-state index contributed by atoms with van der Waals surface area (Å²) in [7, 11) is 0. The maximum atomic E-state index is 15.6. The molecule has 0 aliphatic carbocycles. The van der Waals surface area contributed by atoms with Crippen molar-refractivity contribution in [2.24, 2.45) is 5.41 Å². The summed E-state index contributed by atoms with van der Waals surface area (Å²) in [5.41, 5.74) is 5.91. The van der Waals surface area contributed by atoms with Gasteiger partial charge in [-0.15, -0.1) is 0 Å². The van der Waals surface area contributed by atoms with Crippen molar-refractivity contribution in [2.75, 3.05) is 35.6 Å². The van der Waals surface area contributed by atoms with Gasteiger partial charge in [-0.25, -0.2) is 24.1 Å². The molecule has 1 unspecified atom stereocenters. The Morgan fingerprint density at radius 1 is 1.14 bits per heavy atom. The van der Waals surface area contributed by atoms with Gasteiger partial charge in [0.2, 0.25) is 5.95 Å². The van der Waals surface area contributed by atoms with Crippen LogP contribution in [0.5, 0.6) is 0 Å². The first-order valence-electron chi connectivity index (χ1n) is 13.1. The van der Waals surface area contributed by atoms with E-state index in [4.69, 9.17) is 10.7 Å². The molecule has 6 rings (SSSR count). The minimum absolute atomic E-state index is 0.0509. The van der Waals surface area contributed by atoms with E-state index in [-0.39, 0.29) is 33.9 Å². The Morgan fingerprint density at radius 2 is 1.98 bits per heavy atom. The van der Waals surface area contributed by atoms with E-state index in [1.54, 1.807) is 10.6 Å². The highest BCUT2D eigenvalue weighted by Gasteiger charge is 2.44. The minimum Gasteiger partial charge on any atom is -0.382 e. The van der Waals surface area contributed by atoms with Crippen LogP contribution in [0.15, 0.2) is 54.6 Å². The second-order valence-corrected chi connectivity index (χ2v) is 10.3. The smallest absolute Gasteiger partial charge is 0.382 e. The van der Waals surface area contributed by atoms with E-state index in [0.29, 0.717) is 42.9 Å². The van der Waals surface area contributed by atoms with Gasteiger partial charge in [0.05, 0.1) is 5.56 Å². The maximum Gasteiger partial charge on any atom is 0.416 e. The van der Waals surface area contributed by atoms with Gasteiger partial charge in [-0.05, 0) is 49.6 Å². The van der Waals surface area contributed by atoms with Crippen LogP contribution in [0.1, 0.15) is 35.2 Å². The second-order valence-electron chi connectivity index (χ2n) is 10.3. The molecule has 4 N–H and O–H groups in total. The van der Waals surface area contributed by atoms with Crippen molar-refractivity contribution in [1.82, 2.24) is 24.7 Å². The van der Waals surface area contributed by atoms with Crippen molar-refractivity contribution >= 4 is 34.9 Å². The van der Waals surface area contributed by atoms with Gasteiger partial charge in [0.1, 0.15) is 40.3 Å². The van der Waals surface area contributed by atoms with Crippen LogP contribution in [0.3, 0.4) is 0 Å². The van der Waals surface area contributed by atoms with Crippen molar-refractivity contribution in [3.05, 3.63) is 71.6 Å². The predicted octanol–water partition coefficient (Wildman–Crippen LogP) is 4.08. The number of amides is 1. The summed E-state index contributed by atoms with van der Waals surface area (Å²) >= 11 is 0. The molecule has 2 saturated heterocycles. The van der Waals surface area contributed by atoms with Crippen LogP contribution in [0.2, 0.25) is 0 Å². The van der Waals surface area contributed by atoms with Gasteiger partial charge >= 0.3 is 6.18 Å². The molecule has 42 heavy (non-hydrogen) atoms. The van der Waals surface area contributed by atoms with Crippen molar-refractivity contribution in [2.45, 2.75) is 25.4 Å². The predicted molar refractivity (Wildman–Crippen MR) is 146 cm³/mol. The van der Waals surface area contributed by atoms with Crippen molar-refractivity contribution in [3.8, 4) is 11.3 Å². The van der Waals surface area contributed by atoms with E-state index in [1.807, 2.05) is 4.90 Å². The average Bonchev–Trinajstić information content (AvgIpc) is 3.54. The van der Waals surface area contributed by atoms with Gasteiger partial charge in [-0.2, -0.15) is 13.2 Å². The number of fused-ring (bicyclic) bond motifs is 1. The first kappa shape index (κ1) is 27.2. The zero-order valence-electron chi connectivity index (χ0n) is 22.0. The number of nitrogens with zero attached hydrogens (tertiary/aromatic N) is 5. The Bertz CT molecular complexity index is 1760. The average molecular weight is 581 g/mol. The number of rotatable bonds is 4. The third-order valence-electron chi connectivity index (χ3n) is 7.78. The molecule has 1 amide bonds. The number of carbonyl (C=O) groups is 1. The lowest BCUT2D eigenvalue weighted by atomic mass is 9.77. The van der Waals surface area contributed by atoms with E-state index in [2.05, 4.69) is 26.5 Å². The molecular weight excluding hydrogens is 556 g/mol. The number of nitrogens with two attached hydrogens (primary N) is 1. The summed E-state index contributed by atoms with van der Waals surface area (Å²) in [5.74, 6) is 0.711. The number of nitrogen functional groups attached to an aromatic ring is 1. The molecule has 14 heteroatoms. The van der Waals surface area contributed by atoms with E-state index >= 15 is 4.39 Å². The molecule has 2 aliphatic rings. The van der Waals surface area contributed by atoms with Crippen LogP contribution >= 0.6 is 0 Å². The second kappa shape index (κ2) is 10.1. The summed E-state index contributed by atoms with van der Waals surface area (Å²) < 4.78 is 56.4. The first-order valence-corrected chi connectivity index (χ1v) is 13.1. The molecule has 10 nitrogen and oxygen atoms in total. The number of anilines is 3. The molecule has 216 valence electrons. The van der Waals surface area contributed by atoms with E-state index in [0.717, 1.165) is 37.6 Å². The molecule has 1 aromatic carbocycles. The third-order valence-corrected chi connectivity index (χ3v) is 7.78. The van der Waals surface area contributed by atoms with Gasteiger partial charge in [-0.3, -0.25) is 9.20 Å². The van der Waals surface area contributed by atoms with Crippen molar-refractivity contribution in [3.63, 3.8) is 0 Å². The third kappa shape index (κ3) is 4.69. The maximum absolute atomic E-state index is 15.6. The van der Waals surface area contributed by atoms with E-state index in [9.17, 15) is 22.8 Å². The summed E-state index contributed by atoms with van der Waals surface area (Å²) in [6.07, 6.45) is 1.90. The number of pyridine rings is 1. The van der Waals surface area contributed by atoms with Gasteiger partial charge in [0, 0.05) is 54.8 Å². The highest BCUT2D eigenvalue weighted by Crippen LogP contribution is 2.43. The Hall–Kier alpha value is -4.97. The lowest BCUT2D eigenvalue weighted by molar-refractivity contribution is -0.137. The highest BCUT2D eigenvalue weighted by molar-refractivity contribution is 6.04. The highest BCUT2D eigenvalue weighted by atomic mass is 19.4. The fraction of sp³-hybridized carbons (Fsp3) is 0.286. The molecule has 5 heterocycles. The first-order chi connectivity index (χ1) is 20.1. The fourth-order valence-corrected chi connectivity index (χ4v) is 5.77. The van der Waals surface area contributed by atoms with Gasteiger partial charge in [0.15, 0.2) is 0 Å². The van der Waals surface area contributed by atoms with Crippen molar-refractivity contribution < 1.29 is 27.2 Å². The quantitative estimate of drug-likeness (QED) is 0.243. The normalized spacial score (nSPS) is 18.8. The lowest BCUT2D eigenvalue weighted by Gasteiger charge is -2.39. The summed E-state index contributed by atoms with van der Waals surface area (Å²) in [6.45, 7) is 1.84. The molecule has 2 aliphatic heterocycles. The Morgan fingerprint density at radius 3 is 2.74 bits per heavy atom. The van der Waals surface area contributed by atoms with Crippen LogP contribution < -0.4 is 21.3 Å². The number of halogens is 4. The zero-order chi connectivity index (χ0) is 29.6. The Balaban J connectivity index is 1.33. The van der Waals surface area contributed by atoms with Crippen molar-refractivity contribution in [1.29, 1.82) is 0 Å². The number of piperidine rings is 1. The number of hydrogen-bond donors (Lipinski definition) is 3. The van der Waals surface area contributed by atoms with Gasteiger partial charge in [0.25, 0.3) is 5.91 Å². The van der Waals surface area contributed by atoms with Crippen LogP contribution in [0, 0.1) is 11.2 Å². The lowest BCUT2D eigenvalue weighted by Crippen LogP contribution is -2.44. The van der Waals surface area contributed by atoms with Crippen LogP contribution in [-0.4, -0.2) is 50.8 Å². The number of aromatic nitrogens is 4. The molecule has 1 atom stereocenters. The largest absolute Gasteiger partial charge is 0.416 e. The number of imidazole rings is 1. The topological polar surface area (TPSA) is 131 Å². The standard InChI is InChI=1S/C28H24F4N8O2/c29-19-12-16(25(42)37-21-13-17(4-7-35-21)28(30,31)32)2-3-18(19)22-23-24(33)36-9-11-40(23)26(38-22)39-10-1-5-27(15-39)6-8-34-20(27)14-41/h2-4,7,9,11-13,34H,1,5-6,8,10,15H2,(H2,33,36)(H,35,37,42). The number of nitrogens with one attached hydrogen (secondary N) is 2. The molecule has 0 radical (unpaired) electrons. The molecule has 0 saturated carbocycles. The number of alkyl halides is 3. The number of benzene rings is 1. The van der Waals surface area contributed by atoms with E-state index < -0.39 is 23.5 Å². The molecule has 4 aromatic rings. The molecule has 2 fully saturated rings. The zero-order valence-corrected chi connectivity index (χ0v) is 22.0. The minimum atomic E-state index is -4.62. The Labute approximate surface area is 236 Å². The molecule has 3 aromatic heterocycles. The fourth-order valence-electron chi connectivity index (χ4n) is 5.77. The van der Waals surface area contributed by atoms with Crippen LogP contribution in [0.25, 0.3) is 16.8 Å². The summed E-state index contributed by atoms with van der Waals surface area (Å²) in [5, 5.41) is 5.40. The SMILES string of the molecule is Nc1nccn2c(N3CCCC4(CCNC4=C=O)C3)nc(-c3ccc(C(=O)Nc4cc(C(F)(F)F)ccn4)cc3F)c12. The number of hydrogen-bond acceptors (Lipinski definition) is 8. The molecular formula is C28H24F4N8O2. The Kier molecular flexibility index (Phi) is 6.57. The van der Waals surface area contributed by atoms with Gasteiger partial charge < -0.3 is 21.3 Å². The molecule has 0 bridgehead atoms. The number of carbonyl (C=O) groups excluding carboxylic acids is 2. The van der Waals surface area contributed by atoms with Crippen LogP contribution in [0.4, 0.5) is 35.1 Å².